The summed E-state index contributed by atoms with van der Waals surface area (Å²) in [6, 6.07) is 5.51. The highest BCUT2D eigenvalue weighted by molar-refractivity contribution is 5.44. The Labute approximate surface area is 98.4 Å². The Morgan fingerprint density at radius 3 is 2.82 bits per heavy atom. The maximum absolute atomic E-state index is 5.27. The predicted molar refractivity (Wildman–Crippen MR) is 63.3 cm³/mol. The third-order valence-corrected chi connectivity index (χ3v) is 2.12. The molecule has 2 aromatic heterocycles. The topological polar surface area (TPSA) is 102 Å². The second-order valence-corrected chi connectivity index (χ2v) is 3.46. The summed E-state index contributed by atoms with van der Waals surface area (Å²) >= 11 is 0. The molecule has 90 valence electrons. The number of anilines is 2. The first kappa shape index (κ1) is 11.3. The Hall–Kier alpha value is -2.15. The molecule has 0 fully saturated rings. The molecule has 2 rings (SSSR count). The number of hydrogen-bond donors (Lipinski definition) is 3. The number of hydrogen-bond acceptors (Lipinski definition) is 7. The molecule has 0 aliphatic carbocycles. The molecule has 0 aliphatic rings. The lowest BCUT2D eigenvalue weighted by Gasteiger charge is -2.05. The molecule has 0 unspecified atom stereocenters. The fraction of sp³-hybridized carbons (Fsp3) is 0.300. The van der Waals surface area contributed by atoms with Crippen molar-refractivity contribution < 1.29 is 4.52 Å². The first-order valence-electron chi connectivity index (χ1n) is 5.24. The van der Waals surface area contributed by atoms with Crippen molar-refractivity contribution in [2.45, 2.75) is 13.3 Å². The van der Waals surface area contributed by atoms with Gasteiger partial charge in [0.15, 0.2) is 5.82 Å². The molecule has 2 aromatic rings. The molecule has 0 aliphatic heterocycles. The van der Waals surface area contributed by atoms with Gasteiger partial charge in [0.05, 0.1) is 0 Å². The van der Waals surface area contributed by atoms with Gasteiger partial charge in [0.1, 0.15) is 11.6 Å². The van der Waals surface area contributed by atoms with Gasteiger partial charge in [0.2, 0.25) is 5.89 Å². The molecular formula is C10H14N6O. The van der Waals surface area contributed by atoms with Crippen LogP contribution >= 0.6 is 0 Å². The lowest BCUT2D eigenvalue weighted by atomic mass is 10.4. The molecule has 7 heteroatoms. The highest BCUT2D eigenvalue weighted by Gasteiger charge is 2.02. The zero-order valence-corrected chi connectivity index (χ0v) is 9.47. The zero-order chi connectivity index (χ0) is 12.1. The number of nitrogen functional groups attached to an aromatic ring is 1. The molecule has 0 radical (unpaired) electrons. The Balaban J connectivity index is 1.85. The van der Waals surface area contributed by atoms with Gasteiger partial charge in [0.25, 0.3) is 0 Å². The van der Waals surface area contributed by atoms with E-state index in [0.717, 1.165) is 5.82 Å². The number of hydrazine groups is 1. The largest absolute Gasteiger partial charge is 0.370 e. The van der Waals surface area contributed by atoms with Crippen molar-refractivity contribution in [1.29, 1.82) is 0 Å². The van der Waals surface area contributed by atoms with Crippen molar-refractivity contribution in [1.82, 2.24) is 15.1 Å². The Bertz CT molecular complexity index is 483. The van der Waals surface area contributed by atoms with Gasteiger partial charge >= 0.3 is 0 Å². The van der Waals surface area contributed by atoms with Gasteiger partial charge in [-0.25, -0.2) is 10.8 Å². The number of aryl methyl sites for hydroxylation is 1. The Morgan fingerprint density at radius 1 is 1.29 bits per heavy atom. The molecule has 0 spiro atoms. The molecule has 0 aromatic carbocycles. The molecule has 0 atom stereocenters. The van der Waals surface area contributed by atoms with Crippen LogP contribution in [-0.2, 0) is 6.42 Å². The smallest absolute Gasteiger partial charge is 0.223 e. The van der Waals surface area contributed by atoms with Crippen LogP contribution in [0.15, 0.2) is 22.7 Å². The van der Waals surface area contributed by atoms with Crippen LogP contribution in [0.5, 0.6) is 0 Å². The van der Waals surface area contributed by atoms with E-state index in [4.69, 9.17) is 10.4 Å². The van der Waals surface area contributed by atoms with Crippen LogP contribution in [0, 0.1) is 6.92 Å². The van der Waals surface area contributed by atoms with Crippen molar-refractivity contribution in [2.75, 3.05) is 17.3 Å². The van der Waals surface area contributed by atoms with Crippen molar-refractivity contribution in [2.24, 2.45) is 5.84 Å². The fourth-order valence-electron chi connectivity index (χ4n) is 1.36. The van der Waals surface area contributed by atoms with Crippen molar-refractivity contribution in [3.05, 3.63) is 29.9 Å². The number of nitrogens with two attached hydrogens (primary N) is 1. The van der Waals surface area contributed by atoms with Crippen LogP contribution in [-0.4, -0.2) is 21.7 Å². The fourth-order valence-corrected chi connectivity index (χ4v) is 1.36. The van der Waals surface area contributed by atoms with E-state index in [9.17, 15) is 0 Å². The number of rotatable bonds is 5. The highest BCUT2D eigenvalue weighted by atomic mass is 16.5. The minimum absolute atomic E-state index is 0.576. The van der Waals surface area contributed by atoms with E-state index in [1.807, 2.05) is 12.1 Å². The minimum Gasteiger partial charge on any atom is -0.370 e. The van der Waals surface area contributed by atoms with Crippen LogP contribution in [0.3, 0.4) is 0 Å². The van der Waals surface area contributed by atoms with Crippen LogP contribution < -0.4 is 16.6 Å². The third kappa shape index (κ3) is 3.15. The van der Waals surface area contributed by atoms with E-state index in [2.05, 4.69) is 25.9 Å². The first-order chi connectivity index (χ1) is 8.28. The first-order valence-corrected chi connectivity index (χ1v) is 5.24. The lowest BCUT2D eigenvalue weighted by molar-refractivity contribution is 0.387. The van der Waals surface area contributed by atoms with Crippen molar-refractivity contribution in [3.63, 3.8) is 0 Å². The van der Waals surface area contributed by atoms with Gasteiger partial charge in [-0.1, -0.05) is 11.2 Å². The normalized spacial score (nSPS) is 10.2. The Kier molecular flexibility index (Phi) is 3.51. The van der Waals surface area contributed by atoms with Gasteiger partial charge in [0, 0.05) is 19.9 Å². The van der Waals surface area contributed by atoms with E-state index in [1.54, 1.807) is 13.0 Å². The minimum atomic E-state index is 0.576. The molecule has 0 saturated heterocycles. The summed E-state index contributed by atoms with van der Waals surface area (Å²) in [6.45, 7) is 2.45. The predicted octanol–water partition coefficient (Wildman–Crippen LogP) is 0.713. The van der Waals surface area contributed by atoms with E-state index in [0.29, 0.717) is 30.5 Å². The zero-order valence-electron chi connectivity index (χ0n) is 9.47. The molecule has 4 N–H and O–H groups in total. The van der Waals surface area contributed by atoms with Crippen LogP contribution in [0.25, 0.3) is 0 Å². The summed E-state index contributed by atoms with van der Waals surface area (Å²) in [5, 5.41) is 6.95. The standard InChI is InChI=1S/C10H14N6O/c1-7-13-10(16-17-7)5-6-12-8-3-2-4-9(14-8)15-11/h2-4H,5-6,11H2,1H3,(H2,12,14,15). The summed E-state index contributed by atoms with van der Waals surface area (Å²) in [6.07, 6.45) is 0.680. The Morgan fingerprint density at radius 2 is 2.12 bits per heavy atom. The summed E-state index contributed by atoms with van der Waals surface area (Å²) in [4.78, 5) is 8.32. The van der Waals surface area contributed by atoms with Crippen LogP contribution in [0.2, 0.25) is 0 Å². The SMILES string of the molecule is Cc1nc(CCNc2cccc(NN)n2)no1. The monoisotopic (exact) mass is 234 g/mol. The quantitative estimate of drug-likeness (QED) is 0.517. The maximum atomic E-state index is 5.27. The summed E-state index contributed by atoms with van der Waals surface area (Å²) < 4.78 is 4.87. The van der Waals surface area contributed by atoms with Crippen LogP contribution in [0.4, 0.5) is 11.6 Å². The van der Waals surface area contributed by atoms with Gasteiger partial charge in [-0.15, -0.1) is 0 Å². The molecule has 0 saturated carbocycles. The molecule has 2 heterocycles. The number of nitrogens with zero attached hydrogens (tertiary/aromatic N) is 3. The highest BCUT2D eigenvalue weighted by Crippen LogP contribution is 2.07. The van der Waals surface area contributed by atoms with E-state index >= 15 is 0 Å². The van der Waals surface area contributed by atoms with Gasteiger partial charge in [-0.2, -0.15) is 4.98 Å². The number of aromatic nitrogens is 3. The average molecular weight is 234 g/mol. The number of pyridine rings is 1. The van der Waals surface area contributed by atoms with Crippen molar-refractivity contribution >= 4 is 11.6 Å². The average Bonchev–Trinajstić information content (AvgIpc) is 2.75. The van der Waals surface area contributed by atoms with Gasteiger partial charge < -0.3 is 15.3 Å². The summed E-state index contributed by atoms with van der Waals surface area (Å²) in [7, 11) is 0. The van der Waals surface area contributed by atoms with Crippen molar-refractivity contribution in [3.8, 4) is 0 Å². The second-order valence-electron chi connectivity index (χ2n) is 3.46. The second kappa shape index (κ2) is 5.26. The molecular weight excluding hydrogens is 220 g/mol. The lowest BCUT2D eigenvalue weighted by Crippen LogP contribution is -2.11. The molecule has 17 heavy (non-hydrogen) atoms. The van der Waals surface area contributed by atoms with Gasteiger partial charge in [-0.05, 0) is 12.1 Å². The van der Waals surface area contributed by atoms with E-state index < -0.39 is 0 Å². The maximum Gasteiger partial charge on any atom is 0.223 e. The molecule has 0 amide bonds. The molecule has 7 nitrogen and oxygen atoms in total. The van der Waals surface area contributed by atoms with Crippen LogP contribution in [0.1, 0.15) is 11.7 Å². The van der Waals surface area contributed by atoms with E-state index in [-0.39, 0.29) is 0 Å². The summed E-state index contributed by atoms with van der Waals surface area (Å²) in [5.74, 6) is 7.90. The third-order valence-electron chi connectivity index (χ3n) is 2.12. The summed E-state index contributed by atoms with van der Waals surface area (Å²) in [5.41, 5.74) is 2.49. The van der Waals surface area contributed by atoms with Gasteiger partial charge in [-0.3, -0.25) is 0 Å². The van der Waals surface area contributed by atoms with E-state index in [1.165, 1.54) is 0 Å². The molecule has 0 bridgehead atoms. The number of nitrogens with one attached hydrogen (secondary N) is 2.